The third kappa shape index (κ3) is 3.67. The largest absolute Gasteiger partial charge is 0.497 e. The Labute approximate surface area is 196 Å². The number of ether oxygens (including phenoxy) is 1. The highest BCUT2D eigenvalue weighted by atomic mass is 19.2. The number of methoxy groups -OCH3 is 1. The second kappa shape index (κ2) is 8.71. The highest BCUT2D eigenvalue weighted by Gasteiger charge is 2.54. The van der Waals surface area contributed by atoms with Crippen molar-refractivity contribution in [2.75, 3.05) is 20.2 Å². The lowest BCUT2D eigenvalue weighted by Crippen LogP contribution is -2.67. The number of aromatic nitrogens is 1. The van der Waals surface area contributed by atoms with E-state index in [0.29, 0.717) is 22.7 Å². The summed E-state index contributed by atoms with van der Waals surface area (Å²) in [6.45, 7) is 5.56. The molecule has 0 radical (unpaired) electrons. The van der Waals surface area contributed by atoms with Crippen LogP contribution in [0.2, 0.25) is 0 Å². The van der Waals surface area contributed by atoms with Gasteiger partial charge in [0.2, 0.25) is 0 Å². The average Bonchev–Trinajstić information content (AvgIpc) is 2.88. The van der Waals surface area contributed by atoms with Crippen molar-refractivity contribution >= 4 is 10.9 Å². The summed E-state index contributed by atoms with van der Waals surface area (Å²) in [4.78, 5) is 4.42. The molecule has 4 heterocycles. The van der Waals surface area contributed by atoms with Gasteiger partial charge in [-0.2, -0.15) is 0 Å². The molecule has 3 aliphatic rings. The minimum Gasteiger partial charge on any atom is -0.497 e. The maximum atomic E-state index is 14.7. The van der Waals surface area contributed by atoms with Crippen LogP contribution in [-0.2, 0) is 6.54 Å². The van der Waals surface area contributed by atoms with Gasteiger partial charge in [-0.25, -0.2) is 13.2 Å². The second-order valence-electron chi connectivity index (χ2n) is 9.60. The van der Waals surface area contributed by atoms with Crippen LogP contribution in [-0.4, -0.2) is 40.8 Å². The van der Waals surface area contributed by atoms with Crippen molar-refractivity contribution in [1.29, 1.82) is 0 Å². The Bertz CT molecular complexity index is 1250. The van der Waals surface area contributed by atoms with Crippen LogP contribution in [0.3, 0.4) is 0 Å². The standard InChI is InChI=1S/C27H28F3N2O2/c1-3-16-14-32(15-18-4-6-22(28)26(30)25(18)29)11-9-17(16)12-24(32)27(33)20-8-10-31-23-7-5-19(34-2)13-21(20)23/h3-8,10,13,16-17,24,27,33H,1,9,11-12,14-15H2,2H3/q+1. The molecule has 0 aliphatic carbocycles. The zero-order valence-corrected chi connectivity index (χ0v) is 19.1. The van der Waals surface area contributed by atoms with Crippen LogP contribution in [0.25, 0.3) is 10.9 Å². The van der Waals surface area contributed by atoms with Gasteiger partial charge in [-0.3, -0.25) is 4.98 Å². The monoisotopic (exact) mass is 469 g/mol. The van der Waals surface area contributed by atoms with Gasteiger partial charge in [-0.1, -0.05) is 6.08 Å². The van der Waals surface area contributed by atoms with E-state index in [0.717, 1.165) is 41.9 Å². The first kappa shape index (κ1) is 22.9. The predicted molar refractivity (Wildman–Crippen MR) is 123 cm³/mol. The van der Waals surface area contributed by atoms with Crippen molar-refractivity contribution in [3.63, 3.8) is 0 Å². The molecule has 0 amide bonds. The van der Waals surface area contributed by atoms with E-state index in [-0.39, 0.29) is 24.1 Å². The minimum atomic E-state index is -1.45. The van der Waals surface area contributed by atoms with Gasteiger partial charge in [-0.15, -0.1) is 6.58 Å². The molecule has 5 atom stereocenters. The smallest absolute Gasteiger partial charge is 0.194 e. The summed E-state index contributed by atoms with van der Waals surface area (Å²) in [5, 5.41) is 12.6. The Hall–Kier alpha value is -2.90. The van der Waals surface area contributed by atoms with E-state index < -0.39 is 23.6 Å². The summed E-state index contributed by atoms with van der Waals surface area (Å²) in [6.07, 6.45) is 4.41. The first-order chi connectivity index (χ1) is 16.4. The minimum absolute atomic E-state index is 0.125. The van der Waals surface area contributed by atoms with Gasteiger partial charge >= 0.3 is 0 Å². The van der Waals surface area contributed by atoms with Gasteiger partial charge in [0.15, 0.2) is 17.5 Å². The fourth-order valence-electron chi connectivity index (χ4n) is 6.15. The number of nitrogens with zero attached hydrogens (tertiary/aromatic N) is 2. The van der Waals surface area contributed by atoms with Crippen molar-refractivity contribution in [2.45, 2.75) is 31.5 Å². The number of hydrogen-bond acceptors (Lipinski definition) is 3. The number of rotatable bonds is 6. The molecular weight excluding hydrogens is 441 g/mol. The number of hydrogen-bond donors (Lipinski definition) is 1. The van der Waals surface area contributed by atoms with E-state index in [9.17, 15) is 18.3 Å². The van der Waals surface area contributed by atoms with E-state index in [4.69, 9.17) is 4.74 Å². The first-order valence-corrected chi connectivity index (χ1v) is 11.6. The van der Waals surface area contributed by atoms with E-state index >= 15 is 0 Å². The summed E-state index contributed by atoms with van der Waals surface area (Å²) in [5.74, 6) is -2.54. The molecule has 1 aromatic heterocycles. The Kier molecular flexibility index (Phi) is 5.86. The molecule has 0 saturated carbocycles. The quantitative estimate of drug-likeness (QED) is 0.302. The molecule has 3 fully saturated rings. The number of pyridine rings is 1. The van der Waals surface area contributed by atoms with Gasteiger partial charge in [-0.05, 0) is 47.9 Å². The first-order valence-electron chi connectivity index (χ1n) is 11.6. The third-order valence-electron chi connectivity index (χ3n) is 7.94. The van der Waals surface area contributed by atoms with Crippen LogP contribution in [0.5, 0.6) is 5.75 Å². The summed E-state index contributed by atoms with van der Waals surface area (Å²) >= 11 is 0. The molecule has 3 aliphatic heterocycles. The predicted octanol–water partition coefficient (Wildman–Crippen LogP) is 5.31. The maximum Gasteiger partial charge on any atom is 0.194 e. The molecule has 6 rings (SSSR count). The SMILES string of the molecule is C=CC1C[N+]2(Cc3ccc(F)c(F)c3F)CCC1CC2C(O)c1ccnc2ccc(OC)cc12. The van der Waals surface area contributed by atoms with Crippen LogP contribution in [0.4, 0.5) is 13.2 Å². The molecule has 3 aromatic rings. The lowest BCUT2D eigenvalue weighted by Gasteiger charge is -2.58. The number of aliphatic hydroxyl groups excluding tert-OH is 1. The lowest BCUT2D eigenvalue weighted by atomic mass is 9.71. The van der Waals surface area contributed by atoms with Crippen molar-refractivity contribution < 1.29 is 27.5 Å². The van der Waals surface area contributed by atoms with E-state index in [1.807, 2.05) is 30.3 Å². The fraction of sp³-hybridized carbons (Fsp3) is 0.370. The maximum absolute atomic E-state index is 14.7. The summed E-state index contributed by atoms with van der Waals surface area (Å²) in [5.41, 5.74) is 1.61. The normalized spacial score (nSPS) is 27.0. The topological polar surface area (TPSA) is 42.4 Å². The van der Waals surface area contributed by atoms with Crippen molar-refractivity contribution in [2.24, 2.45) is 11.8 Å². The molecule has 4 nitrogen and oxygen atoms in total. The second-order valence-corrected chi connectivity index (χ2v) is 9.60. The van der Waals surface area contributed by atoms with Gasteiger partial charge < -0.3 is 14.3 Å². The highest BCUT2D eigenvalue weighted by Crippen LogP contribution is 2.48. The zero-order chi connectivity index (χ0) is 24.0. The Balaban J connectivity index is 1.58. The van der Waals surface area contributed by atoms with Crippen molar-refractivity contribution in [3.05, 3.63) is 83.8 Å². The third-order valence-corrected chi connectivity index (χ3v) is 7.94. The molecule has 1 N–H and O–H groups in total. The molecule has 34 heavy (non-hydrogen) atoms. The summed E-state index contributed by atoms with van der Waals surface area (Å²) in [6, 6.07) is 9.42. The number of quaternary nitrogens is 1. The molecule has 2 aromatic carbocycles. The van der Waals surface area contributed by atoms with Gasteiger partial charge in [0.25, 0.3) is 0 Å². The van der Waals surface area contributed by atoms with Gasteiger partial charge in [0.05, 0.1) is 25.7 Å². The van der Waals surface area contributed by atoms with E-state index in [1.165, 1.54) is 6.07 Å². The number of halogens is 3. The van der Waals surface area contributed by atoms with Crippen LogP contribution < -0.4 is 4.74 Å². The summed E-state index contributed by atoms with van der Waals surface area (Å²) in [7, 11) is 1.59. The van der Waals surface area contributed by atoms with Gasteiger partial charge in [0, 0.05) is 35.9 Å². The number of aliphatic hydroxyl groups is 1. The molecule has 5 unspecified atom stereocenters. The Morgan fingerprint density at radius 2 is 2.03 bits per heavy atom. The lowest BCUT2D eigenvalue weighted by molar-refractivity contribution is -0.985. The molecular formula is C27H28F3N2O2+. The Morgan fingerprint density at radius 1 is 1.21 bits per heavy atom. The molecule has 0 spiro atoms. The van der Waals surface area contributed by atoms with E-state index in [2.05, 4.69) is 11.6 Å². The number of piperidine rings is 3. The fourth-order valence-corrected chi connectivity index (χ4v) is 6.15. The van der Waals surface area contributed by atoms with Crippen molar-refractivity contribution in [3.8, 4) is 5.75 Å². The molecule has 2 bridgehead atoms. The van der Waals surface area contributed by atoms with Gasteiger partial charge in [0.1, 0.15) is 24.4 Å². The zero-order valence-electron chi connectivity index (χ0n) is 19.1. The van der Waals surface area contributed by atoms with Crippen LogP contribution in [0, 0.1) is 29.3 Å². The highest BCUT2D eigenvalue weighted by molar-refractivity contribution is 5.83. The Morgan fingerprint density at radius 3 is 2.79 bits per heavy atom. The molecule has 7 heteroatoms. The van der Waals surface area contributed by atoms with Crippen LogP contribution >= 0.6 is 0 Å². The van der Waals surface area contributed by atoms with Crippen LogP contribution in [0.15, 0.2) is 55.3 Å². The molecule has 178 valence electrons. The number of benzene rings is 2. The van der Waals surface area contributed by atoms with Crippen molar-refractivity contribution in [1.82, 2.24) is 4.98 Å². The number of fused-ring (bicyclic) bond motifs is 4. The molecule has 3 saturated heterocycles. The average molecular weight is 470 g/mol. The van der Waals surface area contributed by atoms with E-state index in [1.54, 1.807) is 13.3 Å². The van der Waals surface area contributed by atoms with Crippen LogP contribution in [0.1, 0.15) is 30.1 Å². The summed E-state index contributed by atoms with van der Waals surface area (Å²) < 4.78 is 48.1.